The summed E-state index contributed by atoms with van der Waals surface area (Å²) in [6.45, 7) is 2.71. The molecule has 0 radical (unpaired) electrons. The van der Waals surface area contributed by atoms with E-state index in [1.54, 1.807) is 12.4 Å². The number of rotatable bonds is 4. The Morgan fingerprint density at radius 3 is 2.23 bits per heavy atom. The first-order chi connectivity index (χ1) is 14.5. The van der Waals surface area contributed by atoms with Gasteiger partial charge in [-0.3, -0.25) is 9.80 Å². The third kappa shape index (κ3) is 3.12. The van der Waals surface area contributed by atoms with E-state index in [9.17, 15) is 4.79 Å². The van der Waals surface area contributed by atoms with Gasteiger partial charge in [0.15, 0.2) is 0 Å². The number of carbonyl (C=O) groups excluding carboxylic acids is 1. The maximum Gasteiger partial charge on any atom is 0.322 e. The zero-order valence-corrected chi connectivity index (χ0v) is 17.8. The summed E-state index contributed by atoms with van der Waals surface area (Å²) in [5, 5.41) is 3.31. The van der Waals surface area contributed by atoms with Crippen molar-refractivity contribution < 1.29 is 4.79 Å². The number of anilines is 2. The Morgan fingerprint density at radius 1 is 1.00 bits per heavy atom. The molecule has 2 aromatic rings. The first-order valence-electron chi connectivity index (χ1n) is 10.9. The molecule has 0 atom stereocenters. The second-order valence-corrected chi connectivity index (χ2v) is 9.17. The summed E-state index contributed by atoms with van der Waals surface area (Å²) in [5.74, 6) is 0.760. The molecule has 7 heteroatoms. The van der Waals surface area contributed by atoms with E-state index >= 15 is 0 Å². The molecular weight excluding hydrogens is 376 g/mol. The molecule has 2 amide bonds. The van der Waals surface area contributed by atoms with E-state index in [1.165, 1.54) is 12.0 Å². The van der Waals surface area contributed by atoms with Crippen LogP contribution in [0.1, 0.15) is 37.7 Å². The molecule has 7 nitrogen and oxygen atoms in total. The third-order valence-corrected chi connectivity index (χ3v) is 7.35. The fourth-order valence-electron chi connectivity index (χ4n) is 5.22. The monoisotopic (exact) mass is 406 g/mol. The van der Waals surface area contributed by atoms with Gasteiger partial charge >= 0.3 is 6.03 Å². The predicted octanol–water partition coefficient (Wildman–Crippen LogP) is 2.99. The predicted molar refractivity (Wildman–Crippen MR) is 118 cm³/mol. The first kappa shape index (κ1) is 19.3. The average molecular weight is 407 g/mol. The maximum atomic E-state index is 12.8. The number of aromatic nitrogens is 2. The van der Waals surface area contributed by atoms with Crippen LogP contribution in [0, 0.1) is 0 Å². The lowest BCUT2D eigenvalue weighted by atomic mass is 9.69. The molecule has 3 heterocycles. The van der Waals surface area contributed by atoms with Gasteiger partial charge in [-0.25, -0.2) is 14.8 Å². The summed E-state index contributed by atoms with van der Waals surface area (Å²) in [6.07, 6.45) is 8.71. The number of nitrogens with one attached hydrogen (secondary N) is 1. The molecule has 1 saturated carbocycles. The lowest BCUT2D eigenvalue weighted by molar-refractivity contribution is 0.0658. The van der Waals surface area contributed by atoms with Crippen molar-refractivity contribution in [1.29, 1.82) is 0 Å². The lowest BCUT2D eigenvalue weighted by Gasteiger charge is -2.48. The molecule has 1 aliphatic carbocycles. The van der Waals surface area contributed by atoms with Crippen LogP contribution >= 0.6 is 0 Å². The number of amides is 2. The number of carbonyl (C=O) groups is 1. The summed E-state index contributed by atoms with van der Waals surface area (Å²) in [5.41, 5.74) is 1.98. The first-order valence-corrected chi connectivity index (χ1v) is 10.9. The number of hydrogen-bond acceptors (Lipinski definition) is 5. The Labute approximate surface area is 178 Å². The molecule has 0 unspecified atom stereocenters. The summed E-state index contributed by atoms with van der Waals surface area (Å²) in [7, 11) is 4.34. The number of urea groups is 1. The van der Waals surface area contributed by atoms with Gasteiger partial charge in [-0.05, 0) is 51.8 Å². The van der Waals surface area contributed by atoms with E-state index in [-0.39, 0.29) is 17.1 Å². The van der Waals surface area contributed by atoms with Crippen LogP contribution in [-0.2, 0) is 5.54 Å². The van der Waals surface area contributed by atoms with Crippen LogP contribution in [0.4, 0.5) is 16.4 Å². The highest BCUT2D eigenvalue weighted by Crippen LogP contribution is 2.46. The summed E-state index contributed by atoms with van der Waals surface area (Å²) >= 11 is 0. The van der Waals surface area contributed by atoms with E-state index in [0.717, 1.165) is 50.4 Å². The minimum Gasteiger partial charge on any atom is -0.341 e. The van der Waals surface area contributed by atoms with Crippen LogP contribution in [0.25, 0.3) is 0 Å². The summed E-state index contributed by atoms with van der Waals surface area (Å²) < 4.78 is 0. The highest BCUT2D eigenvalue weighted by molar-refractivity contribution is 5.95. The van der Waals surface area contributed by atoms with E-state index in [0.29, 0.717) is 6.54 Å². The van der Waals surface area contributed by atoms with Crippen LogP contribution in [-0.4, -0.2) is 60.2 Å². The van der Waals surface area contributed by atoms with Crippen LogP contribution in [0.3, 0.4) is 0 Å². The smallest absolute Gasteiger partial charge is 0.322 e. The SMILES string of the molecule is CN(C)C1(c2ccccc2)CCC2(CC1)CN(c1cnc(N3CCC3)nc1)C(=O)N2. The van der Waals surface area contributed by atoms with Crippen molar-refractivity contribution in [2.75, 3.05) is 43.5 Å². The zero-order chi connectivity index (χ0) is 20.8. The normalized spacial score (nSPS) is 28.7. The van der Waals surface area contributed by atoms with Crippen molar-refractivity contribution in [2.24, 2.45) is 0 Å². The second kappa shape index (κ2) is 7.23. The lowest BCUT2D eigenvalue weighted by Crippen LogP contribution is -2.54. The van der Waals surface area contributed by atoms with Crippen molar-refractivity contribution in [1.82, 2.24) is 20.2 Å². The van der Waals surface area contributed by atoms with Gasteiger partial charge in [-0.2, -0.15) is 0 Å². The van der Waals surface area contributed by atoms with Crippen molar-refractivity contribution in [3.05, 3.63) is 48.3 Å². The number of hydrogen-bond donors (Lipinski definition) is 1. The average Bonchev–Trinajstić information content (AvgIpc) is 3.04. The number of nitrogens with zero attached hydrogens (tertiary/aromatic N) is 5. The fourth-order valence-corrected chi connectivity index (χ4v) is 5.22. The molecule has 2 aliphatic heterocycles. The van der Waals surface area contributed by atoms with Gasteiger partial charge in [0.05, 0.1) is 30.2 Å². The minimum atomic E-state index is -0.179. The maximum absolute atomic E-state index is 12.8. The summed E-state index contributed by atoms with van der Waals surface area (Å²) in [4.78, 5) is 28.1. The molecule has 0 bridgehead atoms. The van der Waals surface area contributed by atoms with Crippen molar-refractivity contribution in [3.8, 4) is 0 Å². The van der Waals surface area contributed by atoms with Crippen molar-refractivity contribution >= 4 is 17.7 Å². The highest BCUT2D eigenvalue weighted by Gasteiger charge is 2.50. The molecule has 3 fully saturated rings. The standard InChI is InChI=1S/C23H30N6O/c1-27(2)23(18-7-4-3-5-8-18)11-9-22(10-12-23)17-29(21(30)26-22)19-15-24-20(25-16-19)28-13-6-14-28/h3-5,7-8,15-16H,6,9-14,17H2,1-2H3,(H,26,30). The van der Waals surface area contributed by atoms with Crippen LogP contribution in [0.5, 0.6) is 0 Å². The Bertz CT molecular complexity index is 901. The van der Waals surface area contributed by atoms with Gasteiger partial charge in [0.1, 0.15) is 0 Å². The molecule has 3 aliphatic rings. The molecule has 1 N–H and O–H groups in total. The van der Waals surface area contributed by atoms with Crippen LogP contribution in [0.15, 0.2) is 42.7 Å². The summed E-state index contributed by atoms with van der Waals surface area (Å²) in [6, 6.07) is 10.7. The Hall–Kier alpha value is -2.67. The van der Waals surface area contributed by atoms with Gasteiger partial charge in [0.2, 0.25) is 5.95 Å². The largest absolute Gasteiger partial charge is 0.341 e. The molecule has 1 aromatic carbocycles. The Kier molecular flexibility index (Phi) is 4.65. The van der Waals surface area contributed by atoms with Crippen LogP contribution in [0.2, 0.25) is 0 Å². The van der Waals surface area contributed by atoms with Gasteiger partial charge in [0.25, 0.3) is 0 Å². The van der Waals surface area contributed by atoms with Gasteiger partial charge in [-0.1, -0.05) is 30.3 Å². The topological polar surface area (TPSA) is 64.6 Å². The van der Waals surface area contributed by atoms with Crippen LogP contribution < -0.4 is 15.1 Å². The van der Waals surface area contributed by atoms with Gasteiger partial charge in [0, 0.05) is 18.6 Å². The molecule has 158 valence electrons. The molecular formula is C23H30N6O. The van der Waals surface area contributed by atoms with Gasteiger partial charge in [-0.15, -0.1) is 0 Å². The second-order valence-electron chi connectivity index (χ2n) is 9.17. The third-order valence-electron chi connectivity index (χ3n) is 7.35. The van der Waals surface area contributed by atoms with E-state index < -0.39 is 0 Å². The van der Waals surface area contributed by atoms with Crippen molar-refractivity contribution in [3.63, 3.8) is 0 Å². The van der Waals surface area contributed by atoms with E-state index in [2.05, 4.69) is 69.5 Å². The van der Waals surface area contributed by atoms with Gasteiger partial charge < -0.3 is 10.2 Å². The minimum absolute atomic E-state index is 0.0205. The van der Waals surface area contributed by atoms with E-state index in [1.807, 2.05) is 4.90 Å². The Morgan fingerprint density at radius 2 is 1.67 bits per heavy atom. The molecule has 2 saturated heterocycles. The van der Waals surface area contributed by atoms with E-state index in [4.69, 9.17) is 0 Å². The molecule has 5 rings (SSSR count). The number of benzene rings is 1. The molecule has 30 heavy (non-hydrogen) atoms. The zero-order valence-electron chi connectivity index (χ0n) is 17.8. The molecule has 1 spiro atoms. The van der Waals surface area contributed by atoms with Crippen molar-refractivity contribution in [2.45, 2.75) is 43.2 Å². The Balaban J connectivity index is 1.32. The fraction of sp³-hybridized carbons (Fsp3) is 0.522. The quantitative estimate of drug-likeness (QED) is 0.846. The highest BCUT2D eigenvalue weighted by atomic mass is 16.2. The molecule has 1 aromatic heterocycles.